The van der Waals surface area contributed by atoms with Crippen LogP contribution in [0.1, 0.15) is 27.2 Å². The van der Waals surface area contributed by atoms with E-state index in [1.807, 2.05) is 0 Å². The summed E-state index contributed by atoms with van der Waals surface area (Å²) in [7, 11) is 0. The molecule has 0 saturated heterocycles. The first kappa shape index (κ1) is 17.4. The Bertz CT molecular complexity index is 319. The molecule has 0 aromatic carbocycles. The zero-order valence-corrected chi connectivity index (χ0v) is 11.6. The molecule has 2 atom stereocenters. The minimum absolute atomic E-state index is 0.0103. The lowest BCUT2D eigenvalue weighted by atomic mass is 9.97. The van der Waals surface area contributed by atoms with Gasteiger partial charge >= 0.3 is 5.97 Å². The molecule has 2 amide bonds. The predicted molar refractivity (Wildman–Crippen MR) is 68.0 cm³/mol. The fourth-order valence-corrected chi connectivity index (χ4v) is 1.50. The number of hydrogen-bond donors (Lipinski definition) is 2. The standard InChI is InChI=1S/C12H22N2O5/c1-4-18-7-9(15)14-11(12(13)17)8(3)6-10(16)19-5-2/h8,11H,4-7H2,1-3H3,(H2,13,17)(H,14,15)/t8-,11+/m1/s1. The molecule has 0 fully saturated rings. The highest BCUT2D eigenvalue weighted by atomic mass is 16.5. The van der Waals surface area contributed by atoms with Crippen molar-refractivity contribution in [1.29, 1.82) is 0 Å². The van der Waals surface area contributed by atoms with Crippen molar-refractivity contribution in [2.75, 3.05) is 19.8 Å². The second-order valence-electron chi connectivity index (χ2n) is 4.07. The zero-order valence-electron chi connectivity index (χ0n) is 11.6. The van der Waals surface area contributed by atoms with E-state index in [-0.39, 0.29) is 19.6 Å². The summed E-state index contributed by atoms with van der Waals surface area (Å²) in [4.78, 5) is 34.1. The first-order valence-electron chi connectivity index (χ1n) is 6.24. The summed E-state index contributed by atoms with van der Waals surface area (Å²) in [5.41, 5.74) is 5.22. The van der Waals surface area contributed by atoms with Gasteiger partial charge in [0.15, 0.2) is 0 Å². The Morgan fingerprint density at radius 3 is 2.32 bits per heavy atom. The third-order valence-corrected chi connectivity index (χ3v) is 2.42. The second-order valence-corrected chi connectivity index (χ2v) is 4.07. The van der Waals surface area contributed by atoms with Crippen molar-refractivity contribution < 1.29 is 23.9 Å². The van der Waals surface area contributed by atoms with Crippen LogP contribution in [0.4, 0.5) is 0 Å². The molecule has 0 unspecified atom stereocenters. The monoisotopic (exact) mass is 274 g/mol. The molecule has 7 nitrogen and oxygen atoms in total. The maximum absolute atomic E-state index is 11.5. The number of carbonyl (C=O) groups is 3. The Hall–Kier alpha value is -1.63. The van der Waals surface area contributed by atoms with Crippen molar-refractivity contribution in [3.8, 4) is 0 Å². The number of nitrogens with two attached hydrogens (primary N) is 1. The van der Waals surface area contributed by atoms with Crippen LogP contribution in [-0.4, -0.2) is 43.6 Å². The first-order valence-corrected chi connectivity index (χ1v) is 6.24. The number of rotatable bonds is 9. The van der Waals surface area contributed by atoms with E-state index in [1.165, 1.54) is 0 Å². The van der Waals surface area contributed by atoms with Gasteiger partial charge in [0, 0.05) is 6.61 Å². The smallest absolute Gasteiger partial charge is 0.306 e. The average Bonchev–Trinajstić information content (AvgIpc) is 2.32. The highest BCUT2D eigenvalue weighted by Crippen LogP contribution is 2.09. The molecule has 0 radical (unpaired) electrons. The number of carbonyl (C=O) groups excluding carboxylic acids is 3. The number of esters is 1. The molecule has 19 heavy (non-hydrogen) atoms. The molecule has 0 rings (SSSR count). The highest BCUT2D eigenvalue weighted by Gasteiger charge is 2.27. The van der Waals surface area contributed by atoms with Crippen molar-refractivity contribution in [2.24, 2.45) is 11.7 Å². The van der Waals surface area contributed by atoms with E-state index in [0.29, 0.717) is 6.61 Å². The largest absolute Gasteiger partial charge is 0.466 e. The third-order valence-electron chi connectivity index (χ3n) is 2.42. The van der Waals surface area contributed by atoms with Gasteiger partial charge in [-0.05, 0) is 19.8 Å². The fourth-order valence-electron chi connectivity index (χ4n) is 1.50. The maximum atomic E-state index is 11.5. The quantitative estimate of drug-likeness (QED) is 0.555. The van der Waals surface area contributed by atoms with Crippen LogP contribution in [0.3, 0.4) is 0 Å². The summed E-state index contributed by atoms with van der Waals surface area (Å²) in [5.74, 6) is -2.01. The third kappa shape index (κ3) is 7.40. The first-order chi connectivity index (χ1) is 8.92. The highest BCUT2D eigenvalue weighted by molar-refractivity contribution is 5.87. The van der Waals surface area contributed by atoms with Crippen LogP contribution in [-0.2, 0) is 23.9 Å². The van der Waals surface area contributed by atoms with E-state index < -0.39 is 29.7 Å². The van der Waals surface area contributed by atoms with Gasteiger partial charge in [-0.2, -0.15) is 0 Å². The molecule has 0 aliphatic heterocycles. The van der Waals surface area contributed by atoms with Crippen molar-refractivity contribution >= 4 is 17.8 Å². The van der Waals surface area contributed by atoms with Crippen LogP contribution < -0.4 is 11.1 Å². The summed E-state index contributed by atoms with van der Waals surface area (Å²) < 4.78 is 9.70. The second kappa shape index (κ2) is 9.32. The SMILES string of the molecule is CCOCC(=O)N[C@H](C(N)=O)[C@H](C)CC(=O)OCC. The lowest BCUT2D eigenvalue weighted by Gasteiger charge is -2.21. The molecule has 3 N–H and O–H groups in total. The van der Waals surface area contributed by atoms with Gasteiger partial charge in [0.1, 0.15) is 12.6 Å². The van der Waals surface area contributed by atoms with Crippen LogP contribution in [0, 0.1) is 5.92 Å². The molecule has 0 spiro atoms. The normalized spacial score (nSPS) is 13.4. The van der Waals surface area contributed by atoms with E-state index in [2.05, 4.69) is 5.32 Å². The summed E-state index contributed by atoms with van der Waals surface area (Å²) in [5, 5.41) is 2.45. The average molecular weight is 274 g/mol. The van der Waals surface area contributed by atoms with Gasteiger partial charge in [-0.25, -0.2) is 0 Å². The van der Waals surface area contributed by atoms with Crippen LogP contribution >= 0.6 is 0 Å². The topological polar surface area (TPSA) is 108 Å². The lowest BCUT2D eigenvalue weighted by Crippen LogP contribution is -2.49. The number of hydrogen-bond acceptors (Lipinski definition) is 5. The van der Waals surface area contributed by atoms with Gasteiger partial charge in [-0.15, -0.1) is 0 Å². The summed E-state index contributed by atoms with van der Waals surface area (Å²) >= 11 is 0. The van der Waals surface area contributed by atoms with Crippen molar-refractivity contribution in [1.82, 2.24) is 5.32 Å². The van der Waals surface area contributed by atoms with E-state index in [1.54, 1.807) is 20.8 Å². The van der Waals surface area contributed by atoms with Crippen LogP contribution in [0.25, 0.3) is 0 Å². The molecule has 110 valence electrons. The van der Waals surface area contributed by atoms with Crippen molar-refractivity contribution in [3.63, 3.8) is 0 Å². The van der Waals surface area contributed by atoms with Gasteiger partial charge in [-0.1, -0.05) is 6.92 Å². The zero-order chi connectivity index (χ0) is 14.8. The molecule has 0 heterocycles. The molecular weight excluding hydrogens is 252 g/mol. The van der Waals surface area contributed by atoms with Gasteiger partial charge in [0.25, 0.3) is 0 Å². The molecular formula is C12H22N2O5. The van der Waals surface area contributed by atoms with Gasteiger partial charge in [0.05, 0.1) is 13.0 Å². The molecule has 0 aliphatic rings. The molecule has 0 aromatic heterocycles. The van der Waals surface area contributed by atoms with Crippen molar-refractivity contribution in [3.05, 3.63) is 0 Å². The van der Waals surface area contributed by atoms with Gasteiger partial charge < -0.3 is 20.5 Å². The Morgan fingerprint density at radius 2 is 1.84 bits per heavy atom. The van der Waals surface area contributed by atoms with E-state index >= 15 is 0 Å². The number of ether oxygens (including phenoxy) is 2. The predicted octanol–water partition coefficient (Wildman–Crippen LogP) is -0.418. The van der Waals surface area contributed by atoms with Gasteiger partial charge in [-0.3, -0.25) is 14.4 Å². The summed E-state index contributed by atoms with van der Waals surface area (Å²) in [6.45, 7) is 5.61. The number of amides is 2. The Kier molecular flexibility index (Phi) is 8.52. The fraction of sp³-hybridized carbons (Fsp3) is 0.750. The summed E-state index contributed by atoms with van der Waals surface area (Å²) in [6.07, 6.45) is 0.0103. The van der Waals surface area contributed by atoms with Crippen molar-refractivity contribution in [2.45, 2.75) is 33.2 Å². The lowest BCUT2D eigenvalue weighted by molar-refractivity contribution is -0.145. The molecule has 0 aromatic rings. The number of nitrogens with one attached hydrogen (secondary N) is 1. The minimum atomic E-state index is -0.919. The Morgan fingerprint density at radius 1 is 1.21 bits per heavy atom. The van der Waals surface area contributed by atoms with Crippen LogP contribution in [0.2, 0.25) is 0 Å². The number of primary amides is 1. The summed E-state index contributed by atoms with van der Waals surface area (Å²) in [6, 6.07) is -0.919. The Labute approximate surface area is 112 Å². The van der Waals surface area contributed by atoms with Crippen LogP contribution in [0.15, 0.2) is 0 Å². The molecule has 0 bridgehead atoms. The molecule has 0 aliphatic carbocycles. The minimum Gasteiger partial charge on any atom is -0.466 e. The Balaban J connectivity index is 4.42. The van der Waals surface area contributed by atoms with Crippen LogP contribution in [0.5, 0.6) is 0 Å². The maximum Gasteiger partial charge on any atom is 0.306 e. The van der Waals surface area contributed by atoms with E-state index in [9.17, 15) is 14.4 Å². The molecule has 7 heteroatoms. The van der Waals surface area contributed by atoms with E-state index in [4.69, 9.17) is 15.2 Å². The van der Waals surface area contributed by atoms with Gasteiger partial charge in [0.2, 0.25) is 11.8 Å². The van der Waals surface area contributed by atoms with E-state index in [0.717, 1.165) is 0 Å². The molecule has 0 saturated carbocycles.